The first-order chi connectivity index (χ1) is 13.2. The molecular weight excluding hydrogens is 334 g/mol. The molecule has 140 valence electrons. The van der Waals surface area contributed by atoms with Crippen LogP contribution in [-0.4, -0.2) is 43.0 Å². The Morgan fingerprint density at radius 3 is 2.52 bits per heavy atom. The molecule has 1 amide bonds. The first kappa shape index (κ1) is 17.8. The Balaban J connectivity index is 1.50. The zero-order valence-electron chi connectivity index (χ0n) is 16.1. The summed E-state index contributed by atoms with van der Waals surface area (Å²) in [7, 11) is 0. The Morgan fingerprint density at radius 2 is 1.78 bits per heavy atom. The fourth-order valence-corrected chi connectivity index (χ4v) is 4.20. The van der Waals surface area contributed by atoms with Gasteiger partial charge in [0.1, 0.15) is 0 Å². The maximum Gasteiger partial charge on any atom is 0.248 e. The number of anilines is 2. The molecule has 4 heteroatoms. The van der Waals surface area contributed by atoms with Gasteiger partial charge in [0, 0.05) is 38.1 Å². The number of carbonyl (C=O) groups is 1. The Labute approximate surface area is 161 Å². The largest absolute Gasteiger partial charge is 0.369 e. The van der Waals surface area contributed by atoms with Gasteiger partial charge in [-0.1, -0.05) is 36.4 Å². The summed E-state index contributed by atoms with van der Waals surface area (Å²) in [6.07, 6.45) is 4.64. The van der Waals surface area contributed by atoms with Crippen LogP contribution in [0.3, 0.4) is 0 Å². The van der Waals surface area contributed by atoms with E-state index in [9.17, 15) is 4.79 Å². The van der Waals surface area contributed by atoms with E-state index in [1.807, 2.05) is 36.2 Å². The highest BCUT2D eigenvalue weighted by Gasteiger charge is 2.36. The number of nitrogens with zero attached hydrogens (tertiary/aromatic N) is 3. The predicted molar refractivity (Wildman–Crippen MR) is 111 cm³/mol. The number of allylic oxidation sites excluding steroid dienone is 1. The van der Waals surface area contributed by atoms with Crippen LogP contribution in [0.2, 0.25) is 0 Å². The number of carbonyl (C=O) groups excluding carboxylic acids is 1. The van der Waals surface area contributed by atoms with Gasteiger partial charge in [-0.3, -0.25) is 14.6 Å². The van der Waals surface area contributed by atoms with Crippen molar-refractivity contribution in [3.05, 3.63) is 71.9 Å². The third-order valence-corrected chi connectivity index (χ3v) is 5.61. The average Bonchev–Trinajstić information content (AvgIpc) is 2.70. The molecular formula is C23H27N3O. The zero-order chi connectivity index (χ0) is 18.8. The molecule has 1 saturated heterocycles. The molecule has 1 fully saturated rings. The zero-order valence-corrected chi connectivity index (χ0v) is 16.1. The molecule has 2 aromatic carbocycles. The molecule has 27 heavy (non-hydrogen) atoms. The standard InChI is InChI=1S/C23H27N3O/c1-3-11-26-21-10-5-4-8-19(21)17-22(23(26)27)25-14-12-24(13-15-25)20-9-6-7-18(2)16-20/h3-11,16,22H,12-15,17H2,1-2H3/b11-3-. The smallest absolute Gasteiger partial charge is 0.248 e. The summed E-state index contributed by atoms with van der Waals surface area (Å²) in [4.78, 5) is 19.8. The minimum atomic E-state index is -0.0734. The van der Waals surface area contributed by atoms with Crippen molar-refractivity contribution >= 4 is 17.3 Å². The first-order valence-corrected chi connectivity index (χ1v) is 9.77. The van der Waals surface area contributed by atoms with Crippen LogP contribution in [0, 0.1) is 6.92 Å². The van der Waals surface area contributed by atoms with Crippen molar-refractivity contribution < 1.29 is 4.79 Å². The van der Waals surface area contributed by atoms with Crippen molar-refractivity contribution in [3.8, 4) is 0 Å². The Kier molecular flexibility index (Phi) is 4.99. The van der Waals surface area contributed by atoms with Crippen LogP contribution in [0.25, 0.3) is 0 Å². The van der Waals surface area contributed by atoms with Crippen LogP contribution in [0.4, 0.5) is 11.4 Å². The highest BCUT2D eigenvalue weighted by molar-refractivity contribution is 6.01. The van der Waals surface area contributed by atoms with E-state index in [1.165, 1.54) is 16.8 Å². The van der Waals surface area contributed by atoms with Crippen molar-refractivity contribution in [2.75, 3.05) is 36.0 Å². The molecule has 0 aromatic heterocycles. The van der Waals surface area contributed by atoms with Crippen molar-refractivity contribution in [2.45, 2.75) is 26.3 Å². The molecule has 1 atom stereocenters. The van der Waals surface area contributed by atoms with Crippen molar-refractivity contribution in [2.24, 2.45) is 0 Å². The highest BCUT2D eigenvalue weighted by atomic mass is 16.2. The Hall–Kier alpha value is -2.59. The quantitative estimate of drug-likeness (QED) is 0.836. The number of benzene rings is 2. The lowest BCUT2D eigenvalue weighted by molar-refractivity contribution is -0.123. The molecule has 2 aliphatic heterocycles. The average molecular weight is 361 g/mol. The SMILES string of the molecule is C/C=C\N1C(=O)C(N2CCN(c3cccc(C)c3)CC2)Cc2ccccc21. The number of fused-ring (bicyclic) bond motifs is 1. The number of rotatable bonds is 3. The van der Waals surface area contributed by atoms with Crippen molar-refractivity contribution in [1.29, 1.82) is 0 Å². The molecule has 0 spiro atoms. The van der Waals surface area contributed by atoms with Crippen molar-refractivity contribution in [3.63, 3.8) is 0 Å². The molecule has 1 unspecified atom stereocenters. The van der Waals surface area contributed by atoms with Gasteiger partial charge >= 0.3 is 0 Å². The van der Waals surface area contributed by atoms with Crippen LogP contribution >= 0.6 is 0 Å². The molecule has 2 aliphatic rings. The molecule has 0 radical (unpaired) electrons. The lowest BCUT2D eigenvalue weighted by Gasteiger charge is -2.43. The third-order valence-electron chi connectivity index (χ3n) is 5.61. The molecule has 4 nitrogen and oxygen atoms in total. The van der Waals surface area contributed by atoms with E-state index in [1.54, 1.807) is 0 Å². The Bertz CT molecular complexity index is 852. The lowest BCUT2D eigenvalue weighted by atomic mass is 9.95. The van der Waals surface area contributed by atoms with Gasteiger partial charge < -0.3 is 4.90 Å². The summed E-state index contributed by atoms with van der Waals surface area (Å²) in [5, 5.41) is 0. The number of aryl methyl sites for hydroxylation is 1. The number of hydrogen-bond donors (Lipinski definition) is 0. The van der Waals surface area contributed by atoms with Gasteiger partial charge in [-0.05, 0) is 49.6 Å². The summed E-state index contributed by atoms with van der Waals surface area (Å²) >= 11 is 0. The second-order valence-corrected chi connectivity index (χ2v) is 7.40. The van der Waals surface area contributed by atoms with Gasteiger partial charge in [-0.25, -0.2) is 0 Å². The number of para-hydroxylation sites is 1. The summed E-state index contributed by atoms with van der Waals surface area (Å²) in [6, 6.07) is 16.9. The van der Waals surface area contributed by atoms with E-state index in [2.05, 4.69) is 53.1 Å². The maximum absolute atomic E-state index is 13.2. The van der Waals surface area contributed by atoms with Gasteiger partial charge in [0.05, 0.1) is 11.7 Å². The second-order valence-electron chi connectivity index (χ2n) is 7.40. The van der Waals surface area contributed by atoms with Gasteiger partial charge in [-0.15, -0.1) is 0 Å². The molecule has 2 aromatic rings. The van der Waals surface area contributed by atoms with E-state index >= 15 is 0 Å². The van der Waals surface area contributed by atoms with Crippen LogP contribution in [-0.2, 0) is 11.2 Å². The van der Waals surface area contributed by atoms with E-state index < -0.39 is 0 Å². The monoisotopic (exact) mass is 361 g/mol. The van der Waals surface area contributed by atoms with Gasteiger partial charge in [0.25, 0.3) is 0 Å². The number of piperazine rings is 1. The predicted octanol–water partition coefficient (Wildman–Crippen LogP) is 3.61. The fourth-order valence-electron chi connectivity index (χ4n) is 4.20. The molecule has 0 N–H and O–H groups in total. The Morgan fingerprint density at radius 1 is 1.00 bits per heavy atom. The maximum atomic E-state index is 13.2. The molecule has 4 rings (SSSR count). The van der Waals surface area contributed by atoms with Crippen molar-refractivity contribution in [1.82, 2.24) is 4.90 Å². The second kappa shape index (κ2) is 7.57. The summed E-state index contributed by atoms with van der Waals surface area (Å²) in [6.45, 7) is 7.83. The molecule has 0 bridgehead atoms. The normalized spacial score (nSPS) is 21.0. The molecule has 2 heterocycles. The van der Waals surface area contributed by atoms with Crippen LogP contribution < -0.4 is 9.80 Å². The highest BCUT2D eigenvalue weighted by Crippen LogP contribution is 2.31. The minimum absolute atomic E-state index is 0.0734. The van der Waals surface area contributed by atoms with Crippen LogP contribution in [0.5, 0.6) is 0 Å². The van der Waals surface area contributed by atoms with Gasteiger partial charge in [0.15, 0.2) is 0 Å². The summed E-state index contributed by atoms with van der Waals surface area (Å²) in [5.74, 6) is 0.191. The number of hydrogen-bond acceptors (Lipinski definition) is 3. The summed E-state index contributed by atoms with van der Waals surface area (Å²) < 4.78 is 0. The topological polar surface area (TPSA) is 26.8 Å². The van der Waals surface area contributed by atoms with E-state index in [0.29, 0.717) is 0 Å². The van der Waals surface area contributed by atoms with E-state index in [-0.39, 0.29) is 11.9 Å². The fraction of sp³-hybridized carbons (Fsp3) is 0.348. The van der Waals surface area contributed by atoms with E-state index in [0.717, 1.165) is 38.3 Å². The van der Waals surface area contributed by atoms with Crippen LogP contribution in [0.1, 0.15) is 18.1 Å². The van der Waals surface area contributed by atoms with E-state index in [4.69, 9.17) is 0 Å². The lowest BCUT2D eigenvalue weighted by Crippen LogP contribution is -2.57. The number of amides is 1. The van der Waals surface area contributed by atoms with Crippen LogP contribution in [0.15, 0.2) is 60.8 Å². The first-order valence-electron chi connectivity index (χ1n) is 9.77. The van der Waals surface area contributed by atoms with Gasteiger partial charge in [-0.2, -0.15) is 0 Å². The molecule has 0 saturated carbocycles. The van der Waals surface area contributed by atoms with Gasteiger partial charge in [0.2, 0.25) is 5.91 Å². The third kappa shape index (κ3) is 3.50. The summed E-state index contributed by atoms with van der Waals surface area (Å²) in [5.41, 5.74) is 4.85. The minimum Gasteiger partial charge on any atom is -0.369 e. The molecule has 0 aliphatic carbocycles.